The number of anilines is 4. The van der Waals surface area contributed by atoms with Gasteiger partial charge in [0.2, 0.25) is 11.9 Å². The van der Waals surface area contributed by atoms with E-state index in [4.69, 9.17) is 0 Å². The summed E-state index contributed by atoms with van der Waals surface area (Å²) in [6.45, 7) is 1.84. The van der Waals surface area contributed by atoms with Gasteiger partial charge in [0, 0.05) is 44.0 Å². The molecule has 1 N–H and O–H groups in total. The molecule has 1 aromatic carbocycles. The zero-order chi connectivity index (χ0) is 20.7. The quantitative estimate of drug-likeness (QED) is 0.704. The van der Waals surface area contributed by atoms with Gasteiger partial charge < -0.3 is 15.1 Å². The standard InChI is InChI=1S/C21H22FN7O/c1-27-19-15(12-25-27)13-29(18-4-3-16(22)11-17(18)26-19)20(30)14-5-9-28(10-6-14)21-23-7-2-8-24-21/h2-4,7-8,11-12,14,26H,5-6,9-10,13H2,1H3. The first-order valence-electron chi connectivity index (χ1n) is 10.0. The lowest BCUT2D eigenvalue weighted by Gasteiger charge is -2.34. The number of piperidine rings is 1. The van der Waals surface area contributed by atoms with Crippen molar-refractivity contribution in [3.63, 3.8) is 0 Å². The van der Waals surface area contributed by atoms with Crippen LogP contribution in [-0.4, -0.2) is 38.7 Å². The van der Waals surface area contributed by atoms with Crippen LogP contribution in [0.5, 0.6) is 0 Å². The number of amides is 1. The van der Waals surface area contributed by atoms with Crippen molar-refractivity contribution >= 4 is 29.0 Å². The second kappa shape index (κ2) is 7.40. The Morgan fingerprint density at radius 1 is 1.20 bits per heavy atom. The highest BCUT2D eigenvalue weighted by Gasteiger charge is 2.33. The number of halogens is 1. The molecule has 0 spiro atoms. The smallest absolute Gasteiger partial charge is 0.230 e. The molecular weight excluding hydrogens is 385 g/mol. The molecule has 30 heavy (non-hydrogen) atoms. The van der Waals surface area contributed by atoms with E-state index in [2.05, 4.69) is 25.3 Å². The minimum Gasteiger partial charge on any atom is -0.341 e. The molecule has 5 rings (SSSR count). The van der Waals surface area contributed by atoms with E-state index in [0.29, 0.717) is 23.9 Å². The maximum absolute atomic E-state index is 13.9. The summed E-state index contributed by atoms with van der Waals surface area (Å²) >= 11 is 0. The van der Waals surface area contributed by atoms with Crippen molar-refractivity contribution in [3.05, 3.63) is 54.2 Å². The predicted molar refractivity (Wildman–Crippen MR) is 111 cm³/mol. The SMILES string of the molecule is Cn1ncc2c1Nc1cc(F)ccc1N(C(=O)C1CCN(c3ncccn3)CC1)C2. The van der Waals surface area contributed by atoms with Crippen molar-refractivity contribution in [2.45, 2.75) is 19.4 Å². The Hall–Kier alpha value is -3.49. The van der Waals surface area contributed by atoms with E-state index in [0.717, 1.165) is 37.3 Å². The molecule has 4 heterocycles. The maximum atomic E-state index is 13.9. The Morgan fingerprint density at radius 3 is 2.73 bits per heavy atom. The number of nitrogens with one attached hydrogen (secondary N) is 1. The van der Waals surface area contributed by atoms with Crippen molar-refractivity contribution in [1.29, 1.82) is 0 Å². The summed E-state index contributed by atoms with van der Waals surface area (Å²) in [6.07, 6.45) is 6.64. The highest BCUT2D eigenvalue weighted by Crippen LogP contribution is 2.37. The van der Waals surface area contributed by atoms with Gasteiger partial charge in [-0.1, -0.05) is 0 Å². The molecular formula is C21H22FN7O. The number of aryl methyl sites for hydroxylation is 1. The molecule has 0 radical (unpaired) electrons. The lowest BCUT2D eigenvalue weighted by Crippen LogP contribution is -2.43. The minimum atomic E-state index is -0.351. The third kappa shape index (κ3) is 3.26. The van der Waals surface area contributed by atoms with Crippen LogP contribution in [0.25, 0.3) is 0 Å². The summed E-state index contributed by atoms with van der Waals surface area (Å²) in [7, 11) is 1.82. The molecule has 8 nitrogen and oxygen atoms in total. The second-order valence-electron chi connectivity index (χ2n) is 7.66. The van der Waals surface area contributed by atoms with Crippen LogP contribution in [0.1, 0.15) is 18.4 Å². The van der Waals surface area contributed by atoms with E-state index in [1.807, 2.05) is 7.05 Å². The van der Waals surface area contributed by atoms with Gasteiger partial charge in [0.15, 0.2) is 0 Å². The fraction of sp³-hybridized carbons (Fsp3) is 0.333. The van der Waals surface area contributed by atoms with Gasteiger partial charge in [0.1, 0.15) is 11.6 Å². The average Bonchev–Trinajstić information content (AvgIpc) is 3.02. The van der Waals surface area contributed by atoms with E-state index >= 15 is 0 Å². The lowest BCUT2D eigenvalue weighted by molar-refractivity contribution is -0.123. The van der Waals surface area contributed by atoms with Gasteiger partial charge in [0.25, 0.3) is 0 Å². The lowest BCUT2D eigenvalue weighted by atomic mass is 9.95. The number of carbonyl (C=O) groups excluding carboxylic acids is 1. The Bertz CT molecular complexity index is 1080. The fourth-order valence-electron chi connectivity index (χ4n) is 4.18. The maximum Gasteiger partial charge on any atom is 0.230 e. The van der Waals surface area contributed by atoms with Crippen LogP contribution in [0.2, 0.25) is 0 Å². The molecule has 0 atom stereocenters. The van der Waals surface area contributed by atoms with Crippen LogP contribution in [0.15, 0.2) is 42.9 Å². The first kappa shape index (κ1) is 18.5. The highest BCUT2D eigenvalue weighted by molar-refractivity contribution is 5.99. The summed E-state index contributed by atoms with van der Waals surface area (Å²) in [5.41, 5.74) is 2.16. The Labute approximate surface area is 173 Å². The van der Waals surface area contributed by atoms with Crippen LogP contribution in [0.3, 0.4) is 0 Å². The third-order valence-electron chi connectivity index (χ3n) is 5.79. The number of rotatable bonds is 2. The van der Waals surface area contributed by atoms with Crippen LogP contribution >= 0.6 is 0 Å². The normalized spacial score (nSPS) is 16.5. The van der Waals surface area contributed by atoms with Crippen LogP contribution in [-0.2, 0) is 18.4 Å². The molecule has 1 amide bonds. The molecule has 3 aromatic rings. The van der Waals surface area contributed by atoms with Gasteiger partial charge in [-0.3, -0.25) is 9.48 Å². The topological polar surface area (TPSA) is 79.2 Å². The zero-order valence-electron chi connectivity index (χ0n) is 16.6. The molecule has 0 bridgehead atoms. The van der Waals surface area contributed by atoms with Gasteiger partial charge in [-0.15, -0.1) is 0 Å². The fourth-order valence-corrected chi connectivity index (χ4v) is 4.18. The number of benzene rings is 1. The highest BCUT2D eigenvalue weighted by atomic mass is 19.1. The summed E-state index contributed by atoms with van der Waals surface area (Å²) < 4.78 is 15.6. The van der Waals surface area contributed by atoms with Gasteiger partial charge >= 0.3 is 0 Å². The van der Waals surface area contributed by atoms with Crippen LogP contribution in [0.4, 0.5) is 27.5 Å². The first-order chi connectivity index (χ1) is 14.6. The van der Waals surface area contributed by atoms with Crippen molar-refractivity contribution in [1.82, 2.24) is 19.7 Å². The summed E-state index contributed by atoms with van der Waals surface area (Å²) in [5, 5.41) is 7.54. The molecule has 1 saturated heterocycles. The van der Waals surface area contributed by atoms with E-state index in [1.54, 1.807) is 40.3 Å². The molecule has 1 fully saturated rings. The van der Waals surface area contributed by atoms with Crippen LogP contribution < -0.4 is 15.1 Å². The molecule has 0 unspecified atom stereocenters. The number of fused-ring (bicyclic) bond motifs is 2. The van der Waals surface area contributed by atoms with Crippen LogP contribution in [0, 0.1) is 11.7 Å². The van der Waals surface area contributed by atoms with Gasteiger partial charge in [-0.05, 0) is 37.1 Å². The number of hydrogen-bond donors (Lipinski definition) is 1. The van der Waals surface area contributed by atoms with E-state index in [1.165, 1.54) is 12.1 Å². The monoisotopic (exact) mass is 407 g/mol. The molecule has 2 aromatic heterocycles. The van der Waals surface area contributed by atoms with Crippen molar-refractivity contribution in [2.24, 2.45) is 13.0 Å². The largest absolute Gasteiger partial charge is 0.341 e. The number of aromatic nitrogens is 4. The molecule has 154 valence electrons. The number of carbonyl (C=O) groups is 1. The molecule has 2 aliphatic heterocycles. The number of hydrogen-bond acceptors (Lipinski definition) is 6. The third-order valence-corrected chi connectivity index (χ3v) is 5.79. The summed E-state index contributed by atoms with van der Waals surface area (Å²) in [5.74, 6) is 1.06. The Balaban J connectivity index is 1.40. The Morgan fingerprint density at radius 2 is 1.97 bits per heavy atom. The number of nitrogens with zero attached hydrogens (tertiary/aromatic N) is 6. The Kier molecular flexibility index (Phi) is 4.57. The zero-order valence-corrected chi connectivity index (χ0v) is 16.6. The summed E-state index contributed by atoms with van der Waals surface area (Å²) in [6, 6.07) is 6.28. The van der Waals surface area contributed by atoms with Gasteiger partial charge in [-0.25, -0.2) is 14.4 Å². The second-order valence-corrected chi connectivity index (χ2v) is 7.66. The van der Waals surface area contributed by atoms with E-state index in [-0.39, 0.29) is 17.6 Å². The van der Waals surface area contributed by atoms with Crippen molar-refractivity contribution in [2.75, 3.05) is 28.2 Å². The van der Waals surface area contributed by atoms with Gasteiger partial charge in [0.05, 0.1) is 24.1 Å². The molecule has 0 aliphatic carbocycles. The predicted octanol–water partition coefficient (Wildman–Crippen LogP) is 2.86. The van der Waals surface area contributed by atoms with Gasteiger partial charge in [-0.2, -0.15) is 5.10 Å². The van der Waals surface area contributed by atoms with E-state index < -0.39 is 0 Å². The average molecular weight is 407 g/mol. The molecule has 0 saturated carbocycles. The van der Waals surface area contributed by atoms with Crippen molar-refractivity contribution in [3.8, 4) is 0 Å². The van der Waals surface area contributed by atoms with Crippen molar-refractivity contribution < 1.29 is 9.18 Å². The van der Waals surface area contributed by atoms with E-state index in [9.17, 15) is 9.18 Å². The summed E-state index contributed by atoms with van der Waals surface area (Å²) in [4.78, 5) is 26.0. The minimum absolute atomic E-state index is 0.0509. The molecule has 2 aliphatic rings. The molecule has 9 heteroatoms. The first-order valence-corrected chi connectivity index (χ1v) is 10.0.